The third-order valence-electron chi connectivity index (χ3n) is 4.26. The number of carbonyl (C=O) groups is 1. The molecule has 3 aliphatic rings. The van der Waals surface area contributed by atoms with Crippen LogP contribution in [0.15, 0.2) is 48.2 Å². The largest absolute Gasteiger partial charge is 0.501 e. The van der Waals surface area contributed by atoms with Gasteiger partial charge in [0.2, 0.25) is 17.3 Å². The van der Waals surface area contributed by atoms with Gasteiger partial charge in [-0.05, 0) is 22.3 Å². The number of hydrogen-bond donors (Lipinski definition) is 0. The molecule has 5 rings (SSSR count). The fourth-order valence-corrected chi connectivity index (χ4v) is 4.24. The lowest BCUT2D eigenvalue weighted by molar-refractivity contribution is -0.118. The number of rotatable bonds is 0. The Kier molecular flexibility index (Phi) is 1.96. The molecule has 0 spiro atoms. The van der Waals surface area contributed by atoms with Gasteiger partial charge in [0.05, 0.1) is 5.92 Å². The molecule has 0 aromatic heterocycles. The minimum atomic E-state index is -4.19. The van der Waals surface area contributed by atoms with Crippen LogP contribution in [-0.4, -0.2) is 14.2 Å². The average molecular weight is 312 g/mol. The predicted molar refractivity (Wildman–Crippen MR) is 76.7 cm³/mol. The van der Waals surface area contributed by atoms with Crippen molar-refractivity contribution in [1.82, 2.24) is 0 Å². The van der Waals surface area contributed by atoms with Gasteiger partial charge in [0.1, 0.15) is 0 Å². The summed E-state index contributed by atoms with van der Waals surface area (Å²) >= 11 is 0. The molecule has 1 heterocycles. The lowest BCUT2D eigenvalue weighted by atomic mass is 9.83. The highest BCUT2D eigenvalue weighted by Crippen LogP contribution is 2.53. The average Bonchev–Trinajstić information content (AvgIpc) is 3.01. The first kappa shape index (κ1) is 12.0. The van der Waals surface area contributed by atoms with E-state index in [1.807, 2.05) is 36.4 Å². The van der Waals surface area contributed by atoms with Gasteiger partial charge in [0, 0.05) is 5.56 Å². The maximum absolute atomic E-state index is 12.8. The van der Waals surface area contributed by atoms with Crippen molar-refractivity contribution in [2.24, 2.45) is 0 Å². The van der Waals surface area contributed by atoms with Crippen molar-refractivity contribution in [2.45, 2.75) is 5.92 Å². The topological polar surface area (TPSA) is 69.7 Å². The summed E-state index contributed by atoms with van der Waals surface area (Å²) in [4.78, 5) is 12.8. The summed E-state index contributed by atoms with van der Waals surface area (Å²) in [5.41, 5.74) is 4.20. The van der Waals surface area contributed by atoms with Crippen molar-refractivity contribution in [1.29, 1.82) is 0 Å². The maximum atomic E-state index is 12.8. The number of hydrogen-bond acceptors (Lipinski definition) is 5. The van der Waals surface area contributed by atoms with E-state index in [4.69, 9.17) is 8.37 Å². The maximum Gasteiger partial charge on any atom is 0.501 e. The third-order valence-corrected chi connectivity index (χ3v) is 5.01. The summed E-state index contributed by atoms with van der Waals surface area (Å²) in [5, 5.41) is 0. The number of carbonyl (C=O) groups excluding carboxylic acids is 1. The van der Waals surface area contributed by atoms with Gasteiger partial charge in [0.15, 0.2) is 0 Å². The highest BCUT2D eigenvalue weighted by Gasteiger charge is 2.49. The third kappa shape index (κ3) is 1.28. The molecule has 2 aromatic rings. The van der Waals surface area contributed by atoms with Crippen LogP contribution in [0.4, 0.5) is 0 Å². The smallest absolute Gasteiger partial charge is 0.348 e. The molecule has 2 aromatic carbocycles. The normalized spacial score (nSPS) is 22.5. The van der Waals surface area contributed by atoms with Gasteiger partial charge in [0.25, 0.3) is 0 Å². The summed E-state index contributed by atoms with van der Waals surface area (Å²) in [5.74, 6) is -1.11. The van der Waals surface area contributed by atoms with Crippen LogP contribution in [0.1, 0.15) is 22.6 Å². The van der Waals surface area contributed by atoms with E-state index in [1.54, 1.807) is 6.07 Å². The van der Waals surface area contributed by atoms with Crippen LogP contribution in [0.3, 0.4) is 0 Å². The molecule has 0 fully saturated rings. The second-order valence-electron chi connectivity index (χ2n) is 5.38. The molecule has 22 heavy (non-hydrogen) atoms. The van der Waals surface area contributed by atoms with Crippen LogP contribution in [0, 0.1) is 0 Å². The van der Waals surface area contributed by atoms with Crippen molar-refractivity contribution in [2.75, 3.05) is 0 Å². The van der Waals surface area contributed by atoms with E-state index >= 15 is 0 Å². The van der Waals surface area contributed by atoms with Crippen molar-refractivity contribution in [3.05, 3.63) is 64.9 Å². The Balaban J connectivity index is 1.88. The molecule has 1 unspecified atom stereocenters. The van der Waals surface area contributed by atoms with Crippen molar-refractivity contribution in [3.63, 3.8) is 0 Å². The van der Waals surface area contributed by atoms with Crippen LogP contribution >= 0.6 is 0 Å². The minimum Gasteiger partial charge on any atom is -0.348 e. The summed E-state index contributed by atoms with van der Waals surface area (Å²) in [6.07, 6.45) is 0. The SMILES string of the molecule is O=C1C2=C(OS(=O)(=O)O2)c2cccc3c2C1c1ccccc1-3. The number of allylic oxidation sites excluding steroid dienone is 1. The second-order valence-corrected chi connectivity index (χ2v) is 6.53. The Bertz CT molecular complexity index is 1020. The first-order valence-corrected chi connectivity index (χ1v) is 8.05. The zero-order valence-electron chi connectivity index (χ0n) is 11.1. The molecule has 0 bridgehead atoms. The lowest BCUT2D eigenvalue weighted by Gasteiger charge is -2.19. The first-order valence-electron chi connectivity index (χ1n) is 6.72. The van der Waals surface area contributed by atoms with E-state index < -0.39 is 16.3 Å². The van der Waals surface area contributed by atoms with Crippen LogP contribution < -0.4 is 0 Å². The summed E-state index contributed by atoms with van der Waals surface area (Å²) in [6, 6.07) is 13.1. The van der Waals surface area contributed by atoms with E-state index in [2.05, 4.69) is 0 Å². The van der Waals surface area contributed by atoms with Gasteiger partial charge in [-0.15, -0.1) is 8.42 Å². The van der Waals surface area contributed by atoms with Crippen molar-refractivity contribution in [3.8, 4) is 11.1 Å². The van der Waals surface area contributed by atoms with E-state index in [-0.39, 0.29) is 17.3 Å². The molecule has 0 amide bonds. The Morgan fingerprint density at radius 2 is 1.50 bits per heavy atom. The molecule has 5 nitrogen and oxygen atoms in total. The van der Waals surface area contributed by atoms with Gasteiger partial charge in [-0.3, -0.25) is 4.79 Å². The molecule has 1 aliphatic heterocycles. The fourth-order valence-electron chi connectivity index (χ4n) is 3.48. The molecule has 0 saturated heterocycles. The Morgan fingerprint density at radius 1 is 0.818 bits per heavy atom. The number of benzene rings is 2. The molecule has 2 aliphatic carbocycles. The fraction of sp³-hybridized carbons (Fsp3) is 0.0625. The molecule has 0 N–H and O–H groups in total. The number of Topliss-reactive ketones (excluding diaryl/α,β-unsaturated/α-hetero) is 1. The van der Waals surface area contributed by atoms with Gasteiger partial charge in [-0.2, -0.15) is 0 Å². The standard InChI is InChI=1S/C16H8O5S/c17-14-13-10-5-2-1-4-8(10)9-6-3-7-11(12(9)13)15-16(14)21-22(18,19)20-15/h1-7,13H. The summed E-state index contributed by atoms with van der Waals surface area (Å²) < 4.78 is 32.8. The Hall–Kier alpha value is -2.60. The molecule has 108 valence electrons. The van der Waals surface area contributed by atoms with Crippen molar-refractivity contribution < 1.29 is 21.6 Å². The number of fused-ring (bicyclic) bond motifs is 4. The molecule has 0 radical (unpaired) electrons. The van der Waals surface area contributed by atoms with Crippen LogP contribution in [-0.2, 0) is 23.6 Å². The van der Waals surface area contributed by atoms with Gasteiger partial charge in [-0.1, -0.05) is 42.5 Å². The minimum absolute atomic E-state index is 0.00547. The summed E-state index contributed by atoms with van der Waals surface area (Å²) in [7, 11) is -4.19. The van der Waals surface area contributed by atoms with Gasteiger partial charge in [-0.25, -0.2) is 0 Å². The first-order chi connectivity index (χ1) is 10.6. The highest BCUT2D eigenvalue weighted by atomic mass is 32.3. The molecule has 1 atom stereocenters. The predicted octanol–water partition coefficient (Wildman–Crippen LogP) is 2.34. The highest BCUT2D eigenvalue weighted by molar-refractivity contribution is 7.82. The quantitative estimate of drug-likeness (QED) is 0.747. The van der Waals surface area contributed by atoms with Crippen LogP contribution in [0.25, 0.3) is 16.9 Å². The van der Waals surface area contributed by atoms with Crippen molar-refractivity contribution >= 4 is 21.9 Å². The van der Waals surface area contributed by atoms with E-state index in [0.717, 1.165) is 22.3 Å². The lowest BCUT2D eigenvalue weighted by Crippen LogP contribution is -2.20. The zero-order valence-corrected chi connectivity index (χ0v) is 11.9. The molecule has 6 heteroatoms. The molecule has 0 saturated carbocycles. The number of ketones is 1. The van der Waals surface area contributed by atoms with E-state index in [1.165, 1.54) is 0 Å². The van der Waals surface area contributed by atoms with Gasteiger partial charge < -0.3 is 8.37 Å². The monoisotopic (exact) mass is 312 g/mol. The van der Waals surface area contributed by atoms with Crippen LogP contribution in [0.5, 0.6) is 0 Å². The van der Waals surface area contributed by atoms with Crippen LogP contribution in [0.2, 0.25) is 0 Å². The van der Waals surface area contributed by atoms with Gasteiger partial charge >= 0.3 is 10.4 Å². The Labute approximate surface area is 126 Å². The van der Waals surface area contributed by atoms with E-state index in [0.29, 0.717) is 5.56 Å². The Morgan fingerprint density at radius 3 is 2.36 bits per heavy atom. The van der Waals surface area contributed by atoms with E-state index in [9.17, 15) is 13.2 Å². The summed E-state index contributed by atoms with van der Waals surface area (Å²) in [6.45, 7) is 0. The molecular weight excluding hydrogens is 304 g/mol. The molecular formula is C16H8O5S. The zero-order chi connectivity index (χ0) is 15.1. The second kappa shape index (κ2) is 3.59.